The number of thioether (sulfide) groups is 1. The van der Waals surface area contributed by atoms with Gasteiger partial charge in [0.05, 0.1) is 17.0 Å². The van der Waals surface area contributed by atoms with Gasteiger partial charge in [0.15, 0.2) is 5.13 Å². The summed E-state index contributed by atoms with van der Waals surface area (Å²) >= 11 is 3.01. The van der Waals surface area contributed by atoms with Gasteiger partial charge in [0.2, 0.25) is 5.91 Å². The third-order valence-corrected chi connectivity index (χ3v) is 8.97. The van der Waals surface area contributed by atoms with Gasteiger partial charge in [-0.3, -0.25) is 19.7 Å². The molecule has 4 rings (SSSR count). The van der Waals surface area contributed by atoms with E-state index in [0.29, 0.717) is 54.7 Å². The molecule has 1 aliphatic heterocycles. The molecule has 1 atom stereocenters. The highest BCUT2D eigenvalue weighted by Crippen LogP contribution is 2.31. The van der Waals surface area contributed by atoms with E-state index in [4.69, 9.17) is 0 Å². The Labute approximate surface area is 243 Å². The average Bonchev–Trinajstić information content (AvgIpc) is 3.43. The van der Waals surface area contributed by atoms with E-state index in [9.17, 15) is 19.5 Å². The molecule has 1 fully saturated rings. The van der Waals surface area contributed by atoms with Gasteiger partial charge in [0.25, 0.3) is 11.8 Å². The minimum absolute atomic E-state index is 0.0162. The van der Waals surface area contributed by atoms with Gasteiger partial charge in [0.1, 0.15) is 0 Å². The maximum Gasteiger partial charge on any atom is 0.257 e. The smallest absolute Gasteiger partial charge is 0.257 e. The average molecular weight is 582 g/mol. The minimum Gasteiger partial charge on any atom is -0.395 e. The maximum atomic E-state index is 13.0. The summed E-state index contributed by atoms with van der Waals surface area (Å²) in [6.45, 7) is 6.51. The lowest BCUT2D eigenvalue weighted by Crippen LogP contribution is -2.50. The Morgan fingerprint density at radius 3 is 2.42 bits per heavy atom. The Morgan fingerprint density at radius 2 is 1.75 bits per heavy atom. The van der Waals surface area contributed by atoms with Crippen molar-refractivity contribution < 1.29 is 19.5 Å². The fraction of sp³-hybridized carbons (Fsp3) is 0.379. The number of nitrogens with one attached hydrogen (secondary N) is 2. The molecule has 0 bridgehead atoms. The van der Waals surface area contributed by atoms with Crippen LogP contribution in [0.3, 0.4) is 0 Å². The first-order valence-corrected chi connectivity index (χ1v) is 15.1. The van der Waals surface area contributed by atoms with Gasteiger partial charge < -0.3 is 20.2 Å². The van der Waals surface area contributed by atoms with Crippen LogP contribution < -0.4 is 10.6 Å². The van der Waals surface area contributed by atoms with Crippen LogP contribution >= 0.6 is 23.1 Å². The van der Waals surface area contributed by atoms with Crippen LogP contribution in [-0.2, 0) is 17.1 Å². The van der Waals surface area contributed by atoms with E-state index in [0.717, 1.165) is 21.8 Å². The monoisotopic (exact) mass is 581 g/mol. The second-order valence-corrected chi connectivity index (χ2v) is 11.9. The SMILES string of the molecule is CCC(CO)NCc1ccc(C(=O)Nc2ncc(SCc3cccc(C(=O)N4CCN(C(C)=O)CC4)c3)s2)cc1. The number of aliphatic hydroxyl groups excluding tert-OH is 1. The Morgan fingerprint density at radius 1 is 1.02 bits per heavy atom. The number of aliphatic hydroxyl groups is 1. The Bertz CT molecular complexity index is 1300. The zero-order valence-corrected chi connectivity index (χ0v) is 24.4. The first-order chi connectivity index (χ1) is 19.4. The van der Waals surface area contributed by atoms with Gasteiger partial charge in [-0.25, -0.2) is 4.98 Å². The number of rotatable bonds is 11. The van der Waals surface area contributed by atoms with Crippen molar-refractivity contribution in [3.8, 4) is 0 Å². The molecule has 1 saturated heterocycles. The molecule has 0 aliphatic carbocycles. The highest BCUT2D eigenvalue weighted by atomic mass is 32.2. The minimum atomic E-state index is -0.220. The summed E-state index contributed by atoms with van der Waals surface area (Å²) in [4.78, 5) is 45.1. The number of carbonyl (C=O) groups is 3. The zero-order chi connectivity index (χ0) is 28.5. The zero-order valence-electron chi connectivity index (χ0n) is 22.8. The highest BCUT2D eigenvalue weighted by molar-refractivity contribution is 8.00. The van der Waals surface area contributed by atoms with E-state index in [1.807, 2.05) is 43.3 Å². The predicted molar refractivity (Wildman–Crippen MR) is 159 cm³/mol. The van der Waals surface area contributed by atoms with Crippen LogP contribution in [0.1, 0.15) is 52.1 Å². The van der Waals surface area contributed by atoms with Gasteiger partial charge in [-0.1, -0.05) is 42.5 Å². The number of hydrogen-bond acceptors (Lipinski definition) is 8. The standard InChI is InChI=1S/C29H35N5O4S2/c1-3-25(18-35)30-16-21-7-9-23(10-8-21)27(37)32-29-31-17-26(40-29)39-19-22-5-4-6-24(15-22)28(38)34-13-11-33(12-14-34)20(2)36/h4-10,15,17,25,30,35H,3,11-14,16,18-19H2,1-2H3,(H,31,32,37). The predicted octanol–water partition coefficient (Wildman–Crippen LogP) is 3.85. The molecule has 0 radical (unpaired) electrons. The normalized spacial score (nSPS) is 14.2. The molecule has 2 aromatic carbocycles. The van der Waals surface area contributed by atoms with Crippen molar-refractivity contribution in [2.75, 3.05) is 38.1 Å². The van der Waals surface area contributed by atoms with Crippen LogP contribution in [0.2, 0.25) is 0 Å². The molecule has 3 aromatic rings. The van der Waals surface area contributed by atoms with E-state index in [1.54, 1.807) is 46.8 Å². The lowest BCUT2D eigenvalue weighted by atomic mass is 10.1. The molecule has 0 spiro atoms. The largest absolute Gasteiger partial charge is 0.395 e. The number of carbonyl (C=O) groups excluding carboxylic acids is 3. The molecule has 3 amide bonds. The van der Waals surface area contributed by atoms with Crippen molar-refractivity contribution in [1.29, 1.82) is 0 Å². The van der Waals surface area contributed by atoms with Crippen molar-refractivity contribution >= 4 is 46.0 Å². The molecule has 212 valence electrons. The summed E-state index contributed by atoms with van der Waals surface area (Å²) < 4.78 is 0.961. The lowest BCUT2D eigenvalue weighted by Gasteiger charge is -2.34. The van der Waals surface area contributed by atoms with Gasteiger partial charge in [-0.15, -0.1) is 11.8 Å². The van der Waals surface area contributed by atoms with E-state index in [-0.39, 0.29) is 30.4 Å². The number of hydrogen-bond donors (Lipinski definition) is 3. The first-order valence-electron chi connectivity index (χ1n) is 13.3. The summed E-state index contributed by atoms with van der Waals surface area (Å²) in [5.74, 6) is 0.471. The third-order valence-electron chi connectivity index (χ3n) is 6.80. The molecule has 9 nitrogen and oxygen atoms in total. The van der Waals surface area contributed by atoms with Crippen molar-refractivity contribution in [3.05, 3.63) is 77.0 Å². The van der Waals surface area contributed by atoms with E-state index < -0.39 is 0 Å². The molecule has 1 unspecified atom stereocenters. The number of aromatic nitrogens is 1. The quantitative estimate of drug-likeness (QED) is 0.295. The summed E-state index contributed by atoms with van der Waals surface area (Å²) in [5.41, 5.74) is 3.26. The van der Waals surface area contributed by atoms with E-state index in [2.05, 4.69) is 15.6 Å². The summed E-state index contributed by atoms with van der Waals surface area (Å²) in [6, 6.07) is 15.1. The van der Waals surface area contributed by atoms with Crippen LogP contribution in [0.4, 0.5) is 5.13 Å². The van der Waals surface area contributed by atoms with Crippen molar-refractivity contribution in [2.45, 2.75) is 42.8 Å². The van der Waals surface area contributed by atoms with Crippen LogP contribution in [0.25, 0.3) is 0 Å². The second kappa shape index (κ2) is 14.4. The molecule has 11 heteroatoms. The number of nitrogens with zero attached hydrogens (tertiary/aromatic N) is 3. The Kier molecular flexibility index (Phi) is 10.7. The molecule has 40 heavy (non-hydrogen) atoms. The summed E-state index contributed by atoms with van der Waals surface area (Å²) in [6.07, 6.45) is 2.59. The van der Waals surface area contributed by atoms with Gasteiger partial charge >= 0.3 is 0 Å². The van der Waals surface area contributed by atoms with Gasteiger partial charge in [0, 0.05) is 62.6 Å². The van der Waals surface area contributed by atoms with Crippen molar-refractivity contribution in [1.82, 2.24) is 20.1 Å². The van der Waals surface area contributed by atoms with Crippen LogP contribution in [0.15, 0.2) is 58.9 Å². The number of benzene rings is 2. The maximum absolute atomic E-state index is 13.0. The highest BCUT2D eigenvalue weighted by Gasteiger charge is 2.23. The number of anilines is 1. The van der Waals surface area contributed by atoms with Gasteiger partial charge in [-0.2, -0.15) is 0 Å². The topological polar surface area (TPSA) is 115 Å². The molecular formula is C29H35N5O4S2. The summed E-state index contributed by atoms with van der Waals surface area (Å²) in [7, 11) is 0. The summed E-state index contributed by atoms with van der Waals surface area (Å²) in [5, 5.41) is 16.0. The van der Waals surface area contributed by atoms with E-state index >= 15 is 0 Å². The van der Waals surface area contributed by atoms with Crippen LogP contribution in [0, 0.1) is 0 Å². The Balaban J connectivity index is 1.26. The first kappa shape index (κ1) is 29.7. The Hall–Kier alpha value is -3.25. The van der Waals surface area contributed by atoms with Crippen molar-refractivity contribution in [2.24, 2.45) is 0 Å². The molecule has 0 saturated carbocycles. The lowest BCUT2D eigenvalue weighted by molar-refractivity contribution is -0.130. The molecule has 1 aromatic heterocycles. The molecular weight excluding hydrogens is 546 g/mol. The third kappa shape index (κ3) is 8.14. The number of thiazole rings is 1. The molecule has 2 heterocycles. The van der Waals surface area contributed by atoms with Crippen LogP contribution in [0.5, 0.6) is 0 Å². The molecule has 3 N–H and O–H groups in total. The fourth-order valence-electron chi connectivity index (χ4n) is 4.28. The number of amides is 3. The van der Waals surface area contributed by atoms with E-state index in [1.165, 1.54) is 11.3 Å². The van der Waals surface area contributed by atoms with Gasteiger partial charge in [-0.05, 0) is 41.8 Å². The second-order valence-electron chi connectivity index (χ2n) is 9.59. The number of piperazine rings is 1. The molecule has 1 aliphatic rings. The van der Waals surface area contributed by atoms with Crippen molar-refractivity contribution in [3.63, 3.8) is 0 Å². The fourth-order valence-corrected chi connectivity index (χ4v) is 6.09. The van der Waals surface area contributed by atoms with Crippen LogP contribution in [-0.4, -0.2) is 76.4 Å².